The molecule has 3 N–H and O–H groups in total. The predicted molar refractivity (Wildman–Crippen MR) is 106 cm³/mol. The van der Waals surface area contributed by atoms with Gasteiger partial charge in [0.25, 0.3) is 5.91 Å². The van der Waals surface area contributed by atoms with Gasteiger partial charge in [0, 0.05) is 23.7 Å². The van der Waals surface area contributed by atoms with E-state index in [1.165, 1.54) is 6.20 Å². The molecule has 1 aromatic carbocycles. The van der Waals surface area contributed by atoms with Gasteiger partial charge in [-0.1, -0.05) is 35.5 Å². The molecule has 2 heterocycles. The zero-order valence-electron chi connectivity index (χ0n) is 15.1. The fourth-order valence-corrected chi connectivity index (χ4v) is 3.66. The van der Waals surface area contributed by atoms with E-state index in [0.29, 0.717) is 11.5 Å². The lowest BCUT2D eigenvalue weighted by Gasteiger charge is -2.30. The molecule has 1 saturated carbocycles. The molecule has 1 fully saturated rings. The summed E-state index contributed by atoms with van der Waals surface area (Å²) in [5, 5.41) is 16.6. The number of benzene rings is 1. The van der Waals surface area contributed by atoms with Gasteiger partial charge in [-0.05, 0) is 37.3 Å². The number of aromatic nitrogens is 5. The zero-order chi connectivity index (χ0) is 19.3. The van der Waals surface area contributed by atoms with E-state index in [9.17, 15) is 4.79 Å². The smallest absolute Gasteiger partial charge is 0.273 e. The van der Waals surface area contributed by atoms with E-state index in [1.807, 2.05) is 36.4 Å². The number of rotatable bonds is 5. The van der Waals surface area contributed by atoms with Crippen LogP contribution in [0.4, 0.5) is 5.82 Å². The summed E-state index contributed by atoms with van der Waals surface area (Å²) in [6.45, 7) is 0. The molecule has 0 bridgehead atoms. The Hall–Kier alpha value is -3.00. The minimum absolute atomic E-state index is 0.0707. The number of hydrogen-bond acceptors (Lipinski definition) is 6. The fourth-order valence-electron chi connectivity index (χ4n) is 3.48. The lowest BCUT2D eigenvalue weighted by molar-refractivity contribution is 0.0921. The number of carbonyl (C=O) groups is 1. The van der Waals surface area contributed by atoms with Crippen LogP contribution in [0.15, 0.2) is 42.6 Å². The molecule has 0 radical (unpaired) electrons. The van der Waals surface area contributed by atoms with E-state index >= 15 is 0 Å². The minimum Gasteiger partial charge on any atom is -0.367 e. The van der Waals surface area contributed by atoms with Gasteiger partial charge in [0.05, 0.1) is 11.9 Å². The van der Waals surface area contributed by atoms with Gasteiger partial charge in [-0.25, -0.2) is 9.97 Å². The first-order valence-electron chi connectivity index (χ1n) is 9.21. The standard InChI is InChI=1S/C19H20ClN7O/c20-19-24-15(12-5-2-1-3-6-12)10-17(25-19)22-13-7-4-8-14(9-13)23-18(28)16-11-21-27-26-16/h1-3,5-6,10-11,13-14H,4,7-9H2,(H,23,28)(H,21,26,27)(H,22,24,25)/t13-,14+/m1/s1. The Morgan fingerprint density at radius 1 is 1.14 bits per heavy atom. The molecule has 0 unspecified atom stereocenters. The first-order chi connectivity index (χ1) is 13.7. The molecule has 144 valence electrons. The highest BCUT2D eigenvalue weighted by molar-refractivity contribution is 6.28. The van der Waals surface area contributed by atoms with Crippen LogP contribution < -0.4 is 10.6 Å². The molecule has 2 aromatic heterocycles. The molecule has 1 aliphatic carbocycles. The molecule has 2 atom stereocenters. The number of nitrogens with one attached hydrogen (secondary N) is 3. The van der Waals surface area contributed by atoms with E-state index in [0.717, 1.165) is 36.9 Å². The van der Waals surface area contributed by atoms with Gasteiger partial charge >= 0.3 is 0 Å². The Labute approximate surface area is 167 Å². The van der Waals surface area contributed by atoms with Crippen LogP contribution >= 0.6 is 11.6 Å². The molecular weight excluding hydrogens is 378 g/mol. The predicted octanol–water partition coefficient (Wildman–Crippen LogP) is 3.07. The molecule has 1 amide bonds. The van der Waals surface area contributed by atoms with Crippen LogP contribution in [0.2, 0.25) is 5.28 Å². The third-order valence-electron chi connectivity index (χ3n) is 4.78. The van der Waals surface area contributed by atoms with Crippen LogP contribution in [-0.4, -0.2) is 43.4 Å². The minimum atomic E-state index is -0.212. The molecule has 4 rings (SSSR count). The number of carbonyl (C=O) groups excluding carboxylic acids is 1. The third-order valence-corrected chi connectivity index (χ3v) is 4.95. The topological polar surface area (TPSA) is 108 Å². The fraction of sp³-hybridized carbons (Fsp3) is 0.316. The van der Waals surface area contributed by atoms with Crippen molar-refractivity contribution in [3.63, 3.8) is 0 Å². The molecule has 0 spiro atoms. The highest BCUT2D eigenvalue weighted by atomic mass is 35.5. The largest absolute Gasteiger partial charge is 0.367 e. The van der Waals surface area contributed by atoms with E-state index in [1.54, 1.807) is 0 Å². The van der Waals surface area contributed by atoms with Crippen molar-refractivity contribution in [3.8, 4) is 11.3 Å². The van der Waals surface area contributed by atoms with Crippen molar-refractivity contribution in [2.75, 3.05) is 5.32 Å². The zero-order valence-corrected chi connectivity index (χ0v) is 15.9. The summed E-state index contributed by atoms with van der Waals surface area (Å²) in [7, 11) is 0. The third kappa shape index (κ3) is 4.45. The number of hydrogen-bond donors (Lipinski definition) is 3. The van der Waals surface area contributed by atoms with Gasteiger partial charge in [0.1, 0.15) is 5.82 Å². The number of H-pyrrole nitrogens is 1. The molecule has 3 aromatic rings. The number of anilines is 1. The molecular formula is C19H20ClN7O. The Morgan fingerprint density at radius 2 is 1.96 bits per heavy atom. The number of halogens is 1. The van der Waals surface area contributed by atoms with Crippen molar-refractivity contribution in [1.82, 2.24) is 30.7 Å². The Kier molecular flexibility index (Phi) is 5.48. The molecule has 0 saturated heterocycles. The Balaban J connectivity index is 1.42. The number of nitrogens with zero attached hydrogens (tertiary/aromatic N) is 4. The van der Waals surface area contributed by atoms with Gasteiger partial charge in [0.15, 0.2) is 5.69 Å². The Bertz CT molecular complexity index is 933. The van der Waals surface area contributed by atoms with Crippen LogP contribution in [0, 0.1) is 0 Å². The lowest BCUT2D eigenvalue weighted by Crippen LogP contribution is -2.42. The molecule has 0 aliphatic heterocycles. The van der Waals surface area contributed by atoms with Crippen LogP contribution in [0.1, 0.15) is 36.2 Å². The van der Waals surface area contributed by atoms with Crippen molar-refractivity contribution in [1.29, 1.82) is 0 Å². The molecule has 28 heavy (non-hydrogen) atoms. The van der Waals surface area contributed by atoms with Crippen molar-refractivity contribution < 1.29 is 4.79 Å². The van der Waals surface area contributed by atoms with Gasteiger partial charge in [-0.15, -0.1) is 5.10 Å². The second kappa shape index (κ2) is 8.35. The number of amides is 1. The van der Waals surface area contributed by atoms with Crippen molar-refractivity contribution in [3.05, 3.63) is 53.6 Å². The van der Waals surface area contributed by atoms with E-state index < -0.39 is 0 Å². The van der Waals surface area contributed by atoms with Crippen molar-refractivity contribution in [2.45, 2.75) is 37.8 Å². The Morgan fingerprint density at radius 3 is 2.75 bits per heavy atom. The van der Waals surface area contributed by atoms with Crippen LogP contribution in [0.5, 0.6) is 0 Å². The van der Waals surface area contributed by atoms with Gasteiger partial charge in [-0.3, -0.25) is 9.89 Å². The molecule has 1 aliphatic rings. The number of aromatic amines is 1. The maximum atomic E-state index is 12.2. The van der Waals surface area contributed by atoms with Crippen molar-refractivity contribution >= 4 is 23.3 Å². The molecule has 8 nitrogen and oxygen atoms in total. The average Bonchev–Trinajstić information content (AvgIpc) is 3.23. The van der Waals surface area contributed by atoms with Crippen LogP contribution in [0.25, 0.3) is 11.3 Å². The summed E-state index contributed by atoms with van der Waals surface area (Å²) in [5.74, 6) is 0.475. The summed E-state index contributed by atoms with van der Waals surface area (Å²) in [4.78, 5) is 20.8. The van der Waals surface area contributed by atoms with Gasteiger partial charge in [-0.2, -0.15) is 0 Å². The summed E-state index contributed by atoms with van der Waals surface area (Å²) < 4.78 is 0. The normalized spacial score (nSPS) is 19.2. The van der Waals surface area contributed by atoms with Crippen molar-refractivity contribution in [2.24, 2.45) is 0 Å². The maximum Gasteiger partial charge on any atom is 0.273 e. The highest BCUT2D eigenvalue weighted by Gasteiger charge is 2.24. The SMILES string of the molecule is O=C(N[C@H]1CCC[C@@H](Nc2cc(-c3ccccc3)nc(Cl)n2)C1)c1c[nH]nn1. The summed E-state index contributed by atoms with van der Waals surface area (Å²) in [5.41, 5.74) is 2.05. The summed E-state index contributed by atoms with van der Waals surface area (Å²) >= 11 is 6.14. The quantitative estimate of drug-likeness (QED) is 0.571. The second-order valence-corrected chi connectivity index (χ2v) is 7.15. The van der Waals surface area contributed by atoms with E-state index in [4.69, 9.17) is 11.6 Å². The van der Waals surface area contributed by atoms with Gasteiger partial charge in [0.2, 0.25) is 5.28 Å². The monoisotopic (exact) mass is 397 g/mol. The summed E-state index contributed by atoms with van der Waals surface area (Å²) in [6, 6.07) is 12.0. The van der Waals surface area contributed by atoms with Crippen LogP contribution in [-0.2, 0) is 0 Å². The lowest BCUT2D eigenvalue weighted by atomic mass is 9.91. The first kappa shape index (κ1) is 18.4. The summed E-state index contributed by atoms with van der Waals surface area (Å²) in [6.07, 6.45) is 5.22. The molecule has 9 heteroatoms. The van der Waals surface area contributed by atoms with E-state index in [2.05, 4.69) is 36.0 Å². The average molecular weight is 398 g/mol. The van der Waals surface area contributed by atoms with Gasteiger partial charge < -0.3 is 10.6 Å². The highest BCUT2D eigenvalue weighted by Crippen LogP contribution is 2.25. The van der Waals surface area contributed by atoms with Crippen LogP contribution in [0.3, 0.4) is 0 Å². The first-order valence-corrected chi connectivity index (χ1v) is 9.59. The maximum absolute atomic E-state index is 12.2. The second-order valence-electron chi connectivity index (χ2n) is 6.81. The van der Waals surface area contributed by atoms with E-state index in [-0.39, 0.29) is 23.3 Å².